The number of aliphatic hydroxyl groups excluding tert-OH is 1. The van der Waals surface area contributed by atoms with E-state index in [0.717, 1.165) is 10.9 Å². The van der Waals surface area contributed by atoms with Crippen molar-refractivity contribution in [2.45, 2.75) is 18.8 Å². The van der Waals surface area contributed by atoms with Crippen LogP contribution in [-0.2, 0) is 6.54 Å². The minimum absolute atomic E-state index is 0.0654. The lowest BCUT2D eigenvalue weighted by Gasteiger charge is -2.16. The van der Waals surface area contributed by atoms with Crippen LogP contribution in [0.3, 0.4) is 0 Å². The first kappa shape index (κ1) is 21.0. The molecule has 10 heteroatoms. The summed E-state index contributed by atoms with van der Waals surface area (Å²) < 4.78 is 39.0. The van der Waals surface area contributed by atoms with Gasteiger partial charge < -0.3 is 5.11 Å². The average Bonchev–Trinajstić information content (AvgIpc) is 2.75. The summed E-state index contributed by atoms with van der Waals surface area (Å²) in [4.78, 5) is 25.8. The fourth-order valence-corrected chi connectivity index (χ4v) is 3.19. The molecule has 0 spiro atoms. The van der Waals surface area contributed by atoms with Gasteiger partial charge in [0.1, 0.15) is 5.52 Å². The third-order valence-corrected chi connectivity index (χ3v) is 4.88. The van der Waals surface area contributed by atoms with Crippen LogP contribution in [0, 0.1) is 0 Å². The van der Waals surface area contributed by atoms with Crippen molar-refractivity contribution in [1.82, 2.24) is 19.5 Å². The number of nitrogens with zero attached hydrogens (tertiary/aromatic N) is 4. The molecule has 0 aliphatic carbocycles. The van der Waals surface area contributed by atoms with Gasteiger partial charge in [0.2, 0.25) is 0 Å². The fourth-order valence-electron chi connectivity index (χ4n) is 3.06. The molecule has 4 aromatic rings. The second kappa shape index (κ2) is 8.09. The Morgan fingerprint density at radius 3 is 2.52 bits per heavy atom. The molecule has 4 rings (SSSR count). The van der Waals surface area contributed by atoms with Crippen molar-refractivity contribution in [3.8, 4) is 22.5 Å². The molecule has 1 N–H and O–H groups in total. The monoisotopic (exact) mass is 446 g/mol. The fraction of sp³-hybridized carbons (Fsp3) is 0.143. The summed E-state index contributed by atoms with van der Waals surface area (Å²) in [5, 5.41) is 9.96. The molecule has 0 aliphatic heterocycles. The highest BCUT2D eigenvalue weighted by Crippen LogP contribution is 2.29. The number of fused-ring (bicyclic) bond motifs is 1. The molecule has 0 bridgehead atoms. The van der Waals surface area contributed by atoms with Crippen molar-refractivity contribution < 1.29 is 18.3 Å². The Morgan fingerprint density at radius 2 is 1.87 bits per heavy atom. The van der Waals surface area contributed by atoms with Gasteiger partial charge in [-0.3, -0.25) is 14.3 Å². The Balaban J connectivity index is 1.94. The van der Waals surface area contributed by atoms with Crippen molar-refractivity contribution in [2.24, 2.45) is 0 Å². The van der Waals surface area contributed by atoms with Gasteiger partial charge in [0.05, 0.1) is 29.6 Å². The minimum atomic E-state index is -4.86. The van der Waals surface area contributed by atoms with E-state index in [9.17, 15) is 23.1 Å². The van der Waals surface area contributed by atoms with Crippen molar-refractivity contribution in [1.29, 1.82) is 0 Å². The van der Waals surface area contributed by atoms with Crippen LogP contribution < -0.4 is 5.56 Å². The molecule has 0 saturated carbocycles. The summed E-state index contributed by atoms with van der Waals surface area (Å²) in [5.41, 5.74) is 1.50. The van der Waals surface area contributed by atoms with E-state index in [1.807, 2.05) is 0 Å². The Morgan fingerprint density at radius 1 is 1.13 bits per heavy atom. The van der Waals surface area contributed by atoms with Crippen molar-refractivity contribution in [2.75, 3.05) is 0 Å². The Bertz CT molecular complexity index is 1290. The van der Waals surface area contributed by atoms with E-state index in [-0.39, 0.29) is 10.9 Å². The maximum absolute atomic E-state index is 13.0. The highest BCUT2D eigenvalue weighted by molar-refractivity contribution is 6.30. The van der Waals surface area contributed by atoms with E-state index >= 15 is 0 Å². The van der Waals surface area contributed by atoms with Crippen LogP contribution in [0.25, 0.3) is 33.4 Å². The van der Waals surface area contributed by atoms with Crippen LogP contribution in [0.15, 0.2) is 66.0 Å². The summed E-state index contributed by atoms with van der Waals surface area (Å²) in [5.74, 6) is 0. The Hall–Kier alpha value is -3.30. The quantitative estimate of drug-likeness (QED) is 0.510. The van der Waals surface area contributed by atoms with Crippen molar-refractivity contribution in [3.63, 3.8) is 0 Å². The second-order valence-corrected chi connectivity index (χ2v) is 7.20. The van der Waals surface area contributed by atoms with Gasteiger partial charge in [-0.25, -0.2) is 9.97 Å². The van der Waals surface area contributed by atoms with Crippen LogP contribution in [0.4, 0.5) is 13.2 Å². The smallest absolute Gasteiger partial charge is 0.382 e. The lowest BCUT2D eigenvalue weighted by molar-refractivity contribution is -0.207. The van der Waals surface area contributed by atoms with Crippen LogP contribution >= 0.6 is 11.6 Å². The van der Waals surface area contributed by atoms with Crippen LogP contribution in [0.5, 0.6) is 0 Å². The molecule has 31 heavy (non-hydrogen) atoms. The number of halogens is 4. The van der Waals surface area contributed by atoms with E-state index in [2.05, 4.69) is 15.0 Å². The topological polar surface area (TPSA) is 80.9 Å². The normalized spacial score (nSPS) is 12.8. The van der Waals surface area contributed by atoms with Crippen LogP contribution in [0.2, 0.25) is 5.02 Å². The predicted molar refractivity (Wildman–Crippen MR) is 110 cm³/mol. The van der Waals surface area contributed by atoms with Gasteiger partial charge in [-0.2, -0.15) is 13.2 Å². The van der Waals surface area contributed by atoms with Crippen molar-refractivity contribution in [3.05, 3.63) is 76.6 Å². The molecule has 1 aromatic carbocycles. The van der Waals surface area contributed by atoms with E-state index in [1.54, 1.807) is 48.8 Å². The average molecular weight is 447 g/mol. The molecule has 0 unspecified atom stereocenters. The van der Waals surface area contributed by atoms with Gasteiger partial charge in [0.25, 0.3) is 5.56 Å². The van der Waals surface area contributed by atoms with E-state index in [0.29, 0.717) is 27.5 Å². The third kappa shape index (κ3) is 4.28. The molecule has 0 radical (unpaired) electrons. The highest BCUT2D eigenvalue weighted by atomic mass is 35.5. The first-order chi connectivity index (χ1) is 14.7. The molecule has 1 atom stereocenters. The molecule has 0 amide bonds. The van der Waals surface area contributed by atoms with Gasteiger partial charge in [0.15, 0.2) is 6.10 Å². The number of rotatable bonds is 4. The van der Waals surface area contributed by atoms with Crippen LogP contribution in [-0.4, -0.2) is 36.9 Å². The molecule has 0 aliphatic rings. The summed E-state index contributed by atoms with van der Waals surface area (Å²) in [6.07, 6.45) is -3.45. The lowest BCUT2D eigenvalue weighted by Crippen LogP contribution is -2.36. The zero-order valence-corrected chi connectivity index (χ0v) is 16.5. The molecular weight excluding hydrogens is 433 g/mol. The van der Waals surface area contributed by atoms with Gasteiger partial charge in [-0.15, -0.1) is 0 Å². The number of aromatic nitrogens is 4. The number of pyridine rings is 2. The van der Waals surface area contributed by atoms with Crippen molar-refractivity contribution >= 4 is 22.5 Å². The maximum atomic E-state index is 13.0. The van der Waals surface area contributed by atoms with Gasteiger partial charge in [-0.05, 0) is 30.3 Å². The molecule has 3 heterocycles. The predicted octanol–water partition coefficient (Wildman–Crippen LogP) is 4.10. The largest absolute Gasteiger partial charge is 0.416 e. The standard InChI is InChI=1S/C21H14ClF3N4O2/c22-14-5-3-12(4-6-14)16-8-15-19(18(28-16)13-2-1-7-26-9-13)27-11-29(20(15)31)10-17(30)21(23,24)25/h1-9,11,17,30H,10H2/t17-/m1/s1. The molecule has 3 aromatic heterocycles. The zero-order valence-electron chi connectivity index (χ0n) is 15.7. The SMILES string of the molecule is O=c1c2cc(-c3ccc(Cl)cc3)nc(-c3cccnc3)c2ncn1C[C@@H](O)C(F)(F)F. The van der Waals surface area contributed by atoms with Crippen LogP contribution in [0.1, 0.15) is 0 Å². The minimum Gasteiger partial charge on any atom is -0.382 e. The molecule has 0 saturated heterocycles. The first-order valence-corrected chi connectivity index (χ1v) is 9.43. The summed E-state index contributed by atoms with van der Waals surface area (Å²) in [6.45, 7) is -0.966. The van der Waals surface area contributed by atoms with E-state index in [4.69, 9.17) is 11.6 Å². The number of aliphatic hydroxyl groups is 1. The zero-order chi connectivity index (χ0) is 22.2. The number of benzene rings is 1. The second-order valence-electron chi connectivity index (χ2n) is 6.76. The molecule has 0 fully saturated rings. The molecule has 6 nitrogen and oxygen atoms in total. The first-order valence-electron chi connectivity index (χ1n) is 9.05. The summed E-state index contributed by atoms with van der Waals surface area (Å²) in [6, 6.07) is 11.6. The van der Waals surface area contributed by atoms with Gasteiger partial charge in [-0.1, -0.05) is 23.7 Å². The Labute approximate surface area is 178 Å². The third-order valence-electron chi connectivity index (χ3n) is 4.63. The van der Waals surface area contributed by atoms with Gasteiger partial charge >= 0.3 is 6.18 Å². The number of hydrogen-bond donors (Lipinski definition) is 1. The van der Waals surface area contributed by atoms with E-state index in [1.165, 1.54) is 6.07 Å². The lowest BCUT2D eigenvalue weighted by atomic mass is 10.1. The number of hydrogen-bond acceptors (Lipinski definition) is 5. The highest BCUT2D eigenvalue weighted by Gasteiger charge is 2.38. The summed E-state index contributed by atoms with van der Waals surface area (Å²) >= 11 is 5.95. The number of alkyl halides is 3. The summed E-state index contributed by atoms with van der Waals surface area (Å²) in [7, 11) is 0. The van der Waals surface area contributed by atoms with E-state index < -0.39 is 24.4 Å². The molecular formula is C21H14ClF3N4O2. The maximum Gasteiger partial charge on any atom is 0.416 e. The Kier molecular flexibility index (Phi) is 5.47. The molecule has 158 valence electrons. The van der Waals surface area contributed by atoms with Gasteiger partial charge in [0, 0.05) is 28.5 Å².